The van der Waals surface area contributed by atoms with Gasteiger partial charge < -0.3 is 10.8 Å². The molecule has 4 N–H and O–H groups in total. The molecule has 1 aromatic rings. The number of hydrogen-bond acceptors (Lipinski definition) is 4. The maximum absolute atomic E-state index is 13.4. The van der Waals surface area contributed by atoms with Gasteiger partial charge in [-0.15, -0.1) is 0 Å². The molecule has 0 amide bonds. The average molecular weight is 294 g/mol. The highest BCUT2D eigenvalue weighted by atomic mass is 32.2. The summed E-state index contributed by atoms with van der Waals surface area (Å²) in [5, 5.41) is 8.70. The maximum atomic E-state index is 13.4. The minimum absolute atomic E-state index is 0.0413. The Kier molecular flexibility index (Phi) is 5.21. The van der Waals surface area contributed by atoms with Gasteiger partial charge >= 0.3 is 0 Å². The number of anilines is 1. The minimum Gasteiger partial charge on any atom is -0.396 e. The molecule has 108 valence electrons. The number of aliphatic hydroxyl groups is 1. The van der Waals surface area contributed by atoms with Crippen molar-refractivity contribution in [3.05, 3.63) is 23.8 Å². The topological polar surface area (TPSA) is 92.4 Å². The molecule has 1 rings (SSSR count). The van der Waals surface area contributed by atoms with E-state index in [0.717, 1.165) is 6.07 Å². The molecular weight excluding hydrogens is 278 g/mol. The number of nitrogens with two attached hydrogens (primary N) is 1. The summed E-state index contributed by atoms with van der Waals surface area (Å²) in [6.07, 6.45) is 0.413. The summed E-state index contributed by atoms with van der Waals surface area (Å²) >= 11 is 0. The largest absolute Gasteiger partial charge is 0.396 e. The number of aliphatic hydroxyl groups excluding tert-OH is 1. The van der Waals surface area contributed by atoms with Crippen LogP contribution in [0.15, 0.2) is 17.0 Å². The van der Waals surface area contributed by atoms with Crippen LogP contribution in [0.5, 0.6) is 0 Å². The average Bonchev–Trinajstić information content (AvgIpc) is 2.31. The van der Waals surface area contributed by atoms with Crippen molar-refractivity contribution in [1.29, 1.82) is 0 Å². The van der Waals surface area contributed by atoms with Crippen LogP contribution in [0.25, 0.3) is 0 Å². The molecule has 1 unspecified atom stereocenters. The fourth-order valence-corrected chi connectivity index (χ4v) is 2.66. The lowest BCUT2D eigenvalue weighted by Gasteiger charge is -2.12. The molecule has 8 heteroatoms. The molecule has 1 atom stereocenters. The molecule has 19 heavy (non-hydrogen) atoms. The first kappa shape index (κ1) is 15.8. The van der Waals surface area contributed by atoms with Gasteiger partial charge in [-0.25, -0.2) is 21.9 Å². The molecule has 0 aliphatic heterocycles. The van der Waals surface area contributed by atoms with Gasteiger partial charge in [0.25, 0.3) is 0 Å². The first-order chi connectivity index (χ1) is 8.77. The van der Waals surface area contributed by atoms with Crippen molar-refractivity contribution in [2.45, 2.75) is 18.2 Å². The first-order valence-corrected chi connectivity index (χ1v) is 7.11. The Labute approximate surface area is 110 Å². The molecule has 0 aliphatic carbocycles. The second-order valence-corrected chi connectivity index (χ2v) is 6.01. The van der Waals surface area contributed by atoms with Gasteiger partial charge in [-0.05, 0) is 18.4 Å². The van der Waals surface area contributed by atoms with Crippen LogP contribution in [0, 0.1) is 17.6 Å². The second-order valence-electron chi connectivity index (χ2n) is 4.27. The number of sulfonamides is 1. The van der Waals surface area contributed by atoms with Gasteiger partial charge in [-0.3, -0.25) is 0 Å². The Morgan fingerprint density at radius 3 is 2.58 bits per heavy atom. The SMILES string of the molecule is CC(CCO)CNS(=O)(=O)c1cc(N)c(F)cc1F. The van der Waals surface area contributed by atoms with Crippen LogP contribution in [0.1, 0.15) is 13.3 Å². The molecule has 5 nitrogen and oxygen atoms in total. The highest BCUT2D eigenvalue weighted by Gasteiger charge is 2.21. The van der Waals surface area contributed by atoms with Crippen LogP contribution in [-0.2, 0) is 10.0 Å². The van der Waals surface area contributed by atoms with E-state index in [1.807, 2.05) is 0 Å². The maximum Gasteiger partial charge on any atom is 0.243 e. The van der Waals surface area contributed by atoms with E-state index in [9.17, 15) is 17.2 Å². The molecule has 0 radical (unpaired) electrons. The molecule has 0 saturated heterocycles. The van der Waals surface area contributed by atoms with E-state index in [2.05, 4.69) is 4.72 Å². The summed E-state index contributed by atoms with van der Waals surface area (Å²) in [4.78, 5) is -0.692. The van der Waals surface area contributed by atoms with E-state index >= 15 is 0 Å². The second kappa shape index (κ2) is 6.27. The number of nitrogens with one attached hydrogen (secondary N) is 1. The molecule has 0 fully saturated rings. The van der Waals surface area contributed by atoms with Crippen LogP contribution >= 0.6 is 0 Å². The third kappa shape index (κ3) is 4.12. The van der Waals surface area contributed by atoms with Crippen molar-refractivity contribution in [3.8, 4) is 0 Å². The Balaban J connectivity index is 2.92. The molecule has 0 aromatic heterocycles. The first-order valence-electron chi connectivity index (χ1n) is 5.63. The highest BCUT2D eigenvalue weighted by Crippen LogP contribution is 2.20. The monoisotopic (exact) mass is 294 g/mol. The number of hydrogen-bond donors (Lipinski definition) is 3. The zero-order chi connectivity index (χ0) is 14.6. The lowest BCUT2D eigenvalue weighted by atomic mass is 10.1. The van der Waals surface area contributed by atoms with Crippen molar-refractivity contribution in [1.82, 2.24) is 4.72 Å². The Morgan fingerprint density at radius 2 is 2.00 bits per heavy atom. The van der Waals surface area contributed by atoms with Gasteiger partial charge in [0.1, 0.15) is 16.5 Å². The lowest BCUT2D eigenvalue weighted by Crippen LogP contribution is -2.29. The third-order valence-electron chi connectivity index (χ3n) is 2.58. The smallest absolute Gasteiger partial charge is 0.243 e. The summed E-state index contributed by atoms with van der Waals surface area (Å²) in [5.41, 5.74) is 4.78. The Hall–Kier alpha value is -1.25. The predicted octanol–water partition coefficient (Wildman–Crippen LogP) is 0.844. The fourth-order valence-electron chi connectivity index (χ4n) is 1.40. The number of halogens is 2. The molecule has 0 bridgehead atoms. The summed E-state index contributed by atoms with van der Waals surface area (Å²) < 4.78 is 52.3. The summed E-state index contributed by atoms with van der Waals surface area (Å²) in [6.45, 7) is 1.70. The van der Waals surface area contributed by atoms with Gasteiger partial charge in [0.15, 0.2) is 0 Å². The highest BCUT2D eigenvalue weighted by molar-refractivity contribution is 7.89. The van der Waals surface area contributed by atoms with Gasteiger partial charge in [0.2, 0.25) is 10.0 Å². The quantitative estimate of drug-likeness (QED) is 0.678. The van der Waals surface area contributed by atoms with Gasteiger partial charge in [-0.1, -0.05) is 6.92 Å². The van der Waals surface area contributed by atoms with Crippen molar-refractivity contribution < 1.29 is 22.3 Å². The molecule has 1 aromatic carbocycles. The summed E-state index contributed by atoms with van der Waals surface area (Å²) in [5.74, 6) is -2.32. The van der Waals surface area contributed by atoms with E-state index in [-0.39, 0.29) is 19.1 Å². The zero-order valence-corrected chi connectivity index (χ0v) is 11.2. The van der Waals surface area contributed by atoms with E-state index in [0.29, 0.717) is 12.5 Å². The number of rotatable bonds is 6. The Bertz CT molecular complexity index is 549. The molecule has 0 saturated carbocycles. The van der Waals surface area contributed by atoms with E-state index in [1.165, 1.54) is 0 Å². The predicted molar refractivity (Wildman–Crippen MR) is 66.8 cm³/mol. The molecular formula is C11H16F2N2O3S. The zero-order valence-electron chi connectivity index (χ0n) is 10.4. The van der Waals surface area contributed by atoms with E-state index in [4.69, 9.17) is 10.8 Å². The van der Waals surface area contributed by atoms with Gasteiger partial charge in [0, 0.05) is 19.2 Å². The van der Waals surface area contributed by atoms with E-state index in [1.54, 1.807) is 6.92 Å². The standard InChI is InChI=1S/C11H16F2N2O3S/c1-7(2-3-16)6-15-19(17,18)11-5-10(14)8(12)4-9(11)13/h4-5,7,15-16H,2-3,6,14H2,1H3. The number of benzene rings is 1. The fraction of sp³-hybridized carbons (Fsp3) is 0.455. The van der Waals surface area contributed by atoms with Crippen molar-refractivity contribution >= 4 is 15.7 Å². The normalized spacial score (nSPS) is 13.5. The van der Waals surface area contributed by atoms with Gasteiger partial charge in [-0.2, -0.15) is 0 Å². The van der Waals surface area contributed by atoms with Crippen LogP contribution in [0.2, 0.25) is 0 Å². The van der Waals surface area contributed by atoms with Crippen LogP contribution in [0.3, 0.4) is 0 Å². The summed E-state index contributed by atoms with van der Waals surface area (Å²) in [7, 11) is -4.10. The number of nitrogen functional groups attached to an aromatic ring is 1. The third-order valence-corrected chi connectivity index (χ3v) is 4.02. The van der Waals surface area contributed by atoms with E-state index < -0.39 is 32.2 Å². The molecule has 0 spiro atoms. The Morgan fingerprint density at radius 1 is 1.37 bits per heavy atom. The van der Waals surface area contributed by atoms with Crippen molar-refractivity contribution in [2.75, 3.05) is 18.9 Å². The van der Waals surface area contributed by atoms with Crippen LogP contribution < -0.4 is 10.5 Å². The van der Waals surface area contributed by atoms with Gasteiger partial charge in [0.05, 0.1) is 5.69 Å². The molecule has 0 aliphatic rings. The van der Waals surface area contributed by atoms with Crippen LogP contribution in [0.4, 0.5) is 14.5 Å². The molecule has 0 heterocycles. The van der Waals surface area contributed by atoms with Crippen LogP contribution in [-0.4, -0.2) is 26.7 Å². The van der Waals surface area contributed by atoms with Crippen molar-refractivity contribution in [3.63, 3.8) is 0 Å². The van der Waals surface area contributed by atoms with Crippen molar-refractivity contribution in [2.24, 2.45) is 5.92 Å². The lowest BCUT2D eigenvalue weighted by molar-refractivity contribution is 0.263. The minimum atomic E-state index is -4.10. The summed E-state index contributed by atoms with van der Waals surface area (Å²) in [6, 6.07) is 1.17.